The first-order valence-corrected chi connectivity index (χ1v) is 4.50. The highest BCUT2D eigenvalue weighted by Crippen LogP contribution is 2.21. The third kappa shape index (κ3) is 3.12. The predicted molar refractivity (Wildman–Crippen MR) is 54.4 cm³/mol. The zero-order chi connectivity index (χ0) is 12.3. The lowest BCUT2D eigenvalue weighted by atomic mass is 10.2. The maximum absolute atomic E-state index is 13.2. The van der Waals surface area contributed by atoms with Crippen molar-refractivity contribution in [1.82, 2.24) is 0 Å². The largest absolute Gasteiger partial charge is 0.354 e. The summed E-state index contributed by atoms with van der Waals surface area (Å²) in [5.74, 6) is -3.34. The summed E-state index contributed by atoms with van der Waals surface area (Å²) >= 11 is 0. The van der Waals surface area contributed by atoms with Crippen molar-refractivity contribution in [2.45, 2.75) is 13.8 Å². The van der Waals surface area contributed by atoms with Gasteiger partial charge in [0.15, 0.2) is 17.4 Å². The number of benzene rings is 1. The molecule has 1 aromatic rings. The molecule has 0 aliphatic heterocycles. The Morgan fingerprint density at radius 3 is 2.12 bits per heavy atom. The molecule has 0 fully saturated rings. The van der Waals surface area contributed by atoms with Crippen LogP contribution in [-0.2, 0) is 4.79 Å². The Bertz CT molecular complexity index is 432. The van der Waals surface area contributed by atoms with Gasteiger partial charge in [-0.25, -0.2) is 13.2 Å². The SMILES string of the molecule is CC(=O)C=C(C)Nc1c(F)cc(F)cc1F. The average Bonchev–Trinajstić information content (AvgIpc) is 2.09. The van der Waals surface area contributed by atoms with Crippen molar-refractivity contribution < 1.29 is 18.0 Å². The molecule has 0 aromatic heterocycles. The molecule has 0 saturated carbocycles. The molecule has 0 amide bonds. The van der Waals surface area contributed by atoms with Crippen LogP contribution < -0.4 is 5.32 Å². The van der Waals surface area contributed by atoms with Crippen molar-refractivity contribution in [3.63, 3.8) is 0 Å². The highest BCUT2D eigenvalue weighted by Gasteiger charge is 2.11. The number of allylic oxidation sites excluding steroid dienone is 2. The van der Waals surface area contributed by atoms with Crippen molar-refractivity contribution in [2.75, 3.05) is 5.32 Å². The van der Waals surface area contributed by atoms with E-state index in [9.17, 15) is 18.0 Å². The van der Waals surface area contributed by atoms with Gasteiger partial charge in [-0.1, -0.05) is 0 Å². The first-order chi connectivity index (χ1) is 7.40. The standard InChI is InChI=1S/C11H10F3NO/c1-6(3-7(2)16)15-11-9(13)4-8(12)5-10(11)14/h3-5,15H,1-2H3. The minimum Gasteiger partial charge on any atom is -0.354 e. The molecule has 1 rings (SSSR count). The summed E-state index contributed by atoms with van der Waals surface area (Å²) in [5, 5.41) is 2.36. The van der Waals surface area contributed by atoms with E-state index in [-0.39, 0.29) is 11.5 Å². The maximum Gasteiger partial charge on any atom is 0.154 e. The number of ketones is 1. The molecule has 1 N–H and O–H groups in total. The number of hydrogen-bond donors (Lipinski definition) is 1. The van der Waals surface area contributed by atoms with E-state index >= 15 is 0 Å². The number of anilines is 1. The fraction of sp³-hybridized carbons (Fsp3) is 0.182. The number of carbonyl (C=O) groups excluding carboxylic acids is 1. The molecule has 0 unspecified atom stereocenters. The average molecular weight is 229 g/mol. The van der Waals surface area contributed by atoms with E-state index < -0.39 is 23.1 Å². The summed E-state index contributed by atoms with van der Waals surface area (Å²) in [6.45, 7) is 2.78. The van der Waals surface area contributed by atoms with Gasteiger partial charge in [0.25, 0.3) is 0 Å². The smallest absolute Gasteiger partial charge is 0.154 e. The summed E-state index contributed by atoms with van der Waals surface area (Å²) in [7, 11) is 0. The molecule has 0 bridgehead atoms. The number of rotatable bonds is 3. The van der Waals surface area contributed by atoms with Crippen molar-refractivity contribution in [1.29, 1.82) is 0 Å². The first kappa shape index (κ1) is 12.3. The van der Waals surface area contributed by atoms with Crippen LogP contribution in [0, 0.1) is 17.5 Å². The Hall–Kier alpha value is -1.78. The first-order valence-electron chi connectivity index (χ1n) is 4.50. The quantitative estimate of drug-likeness (QED) is 0.807. The maximum atomic E-state index is 13.2. The molecule has 1 aromatic carbocycles. The Morgan fingerprint density at radius 2 is 1.69 bits per heavy atom. The normalized spacial score (nSPS) is 11.4. The highest BCUT2D eigenvalue weighted by molar-refractivity contribution is 5.88. The van der Waals surface area contributed by atoms with Gasteiger partial charge in [0.2, 0.25) is 0 Å². The van der Waals surface area contributed by atoms with Gasteiger partial charge in [-0.3, -0.25) is 4.79 Å². The molecular weight excluding hydrogens is 219 g/mol. The minimum absolute atomic E-state index is 0.257. The van der Waals surface area contributed by atoms with Gasteiger partial charge in [-0.2, -0.15) is 0 Å². The molecule has 0 atom stereocenters. The molecule has 86 valence electrons. The second-order valence-corrected chi connectivity index (χ2v) is 3.31. The number of carbonyl (C=O) groups is 1. The Balaban J connectivity index is 3.02. The lowest BCUT2D eigenvalue weighted by Crippen LogP contribution is -2.03. The van der Waals surface area contributed by atoms with Crippen molar-refractivity contribution in [2.24, 2.45) is 0 Å². The zero-order valence-corrected chi connectivity index (χ0v) is 8.77. The fourth-order valence-corrected chi connectivity index (χ4v) is 1.20. The Morgan fingerprint density at radius 1 is 1.19 bits per heavy atom. The molecule has 0 aliphatic rings. The van der Waals surface area contributed by atoms with Gasteiger partial charge < -0.3 is 5.32 Å². The fourth-order valence-electron chi connectivity index (χ4n) is 1.20. The van der Waals surface area contributed by atoms with Crippen LogP contribution in [0.2, 0.25) is 0 Å². The summed E-state index contributed by atoms with van der Waals surface area (Å²) in [6, 6.07) is 1.12. The van der Waals surface area contributed by atoms with Gasteiger partial charge in [0.1, 0.15) is 11.5 Å². The van der Waals surface area contributed by atoms with Crippen LogP contribution in [0.15, 0.2) is 23.9 Å². The van der Waals surface area contributed by atoms with Crippen LogP contribution in [0.1, 0.15) is 13.8 Å². The van der Waals surface area contributed by atoms with E-state index in [4.69, 9.17) is 0 Å². The lowest BCUT2D eigenvalue weighted by molar-refractivity contribution is -0.112. The van der Waals surface area contributed by atoms with E-state index in [1.165, 1.54) is 19.9 Å². The van der Waals surface area contributed by atoms with Gasteiger partial charge in [0.05, 0.1) is 0 Å². The van der Waals surface area contributed by atoms with Crippen LogP contribution in [0.3, 0.4) is 0 Å². The van der Waals surface area contributed by atoms with Crippen molar-refractivity contribution >= 4 is 11.5 Å². The molecule has 2 nitrogen and oxygen atoms in total. The van der Waals surface area contributed by atoms with Crippen LogP contribution in [0.25, 0.3) is 0 Å². The van der Waals surface area contributed by atoms with Gasteiger partial charge in [-0.05, 0) is 19.9 Å². The van der Waals surface area contributed by atoms with Crippen molar-refractivity contribution in [3.8, 4) is 0 Å². The summed E-state index contributed by atoms with van der Waals surface area (Å²) in [6.07, 6.45) is 1.18. The number of halogens is 3. The molecule has 0 saturated heterocycles. The molecular formula is C11H10F3NO. The lowest BCUT2D eigenvalue weighted by Gasteiger charge is -2.08. The number of hydrogen-bond acceptors (Lipinski definition) is 2. The van der Waals surface area contributed by atoms with E-state index in [2.05, 4.69) is 5.32 Å². The highest BCUT2D eigenvalue weighted by atomic mass is 19.1. The van der Waals surface area contributed by atoms with Crippen LogP contribution in [0.4, 0.5) is 18.9 Å². The third-order valence-electron chi connectivity index (χ3n) is 1.75. The van der Waals surface area contributed by atoms with Gasteiger partial charge in [-0.15, -0.1) is 0 Å². The van der Waals surface area contributed by atoms with E-state index in [1.54, 1.807) is 0 Å². The van der Waals surface area contributed by atoms with E-state index in [0.29, 0.717) is 12.1 Å². The topological polar surface area (TPSA) is 29.1 Å². The van der Waals surface area contributed by atoms with Gasteiger partial charge in [0, 0.05) is 17.8 Å². The van der Waals surface area contributed by atoms with Crippen LogP contribution >= 0.6 is 0 Å². The monoisotopic (exact) mass is 229 g/mol. The molecule has 0 spiro atoms. The molecule has 0 aliphatic carbocycles. The van der Waals surface area contributed by atoms with E-state index in [0.717, 1.165) is 0 Å². The van der Waals surface area contributed by atoms with Crippen LogP contribution in [0.5, 0.6) is 0 Å². The van der Waals surface area contributed by atoms with Crippen molar-refractivity contribution in [3.05, 3.63) is 41.4 Å². The Labute approximate surface area is 90.8 Å². The molecule has 0 radical (unpaired) electrons. The Kier molecular flexibility index (Phi) is 3.71. The van der Waals surface area contributed by atoms with E-state index in [1.807, 2.05) is 0 Å². The molecule has 5 heteroatoms. The summed E-state index contributed by atoms with van der Waals surface area (Å²) < 4.78 is 38.9. The second kappa shape index (κ2) is 4.83. The predicted octanol–water partition coefficient (Wildman–Crippen LogP) is 3.01. The third-order valence-corrected chi connectivity index (χ3v) is 1.75. The zero-order valence-electron chi connectivity index (χ0n) is 8.77. The molecule has 0 heterocycles. The number of nitrogens with one attached hydrogen (secondary N) is 1. The summed E-state index contributed by atoms with van der Waals surface area (Å²) in [5.41, 5.74) is -0.201. The molecule has 16 heavy (non-hydrogen) atoms. The second-order valence-electron chi connectivity index (χ2n) is 3.31. The van der Waals surface area contributed by atoms with Gasteiger partial charge >= 0.3 is 0 Å². The minimum atomic E-state index is -1.05. The summed E-state index contributed by atoms with van der Waals surface area (Å²) in [4.78, 5) is 10.7. The van der Waals surface area contributed by atoms with Crippen LogP contribution in [-0.4, -0.2) is 5.78 Å².